The molecule has 0 spiro atoms. The van der Waals surface area contributed by atoms with E-state index in [0.29, 0.717) is 0 Å². The van der Waals surface area contributed by atoms with Crippen molar-refractivity contribution in [2.75, 3.05) is 19.6 Å². The van der Waals surface area contributed by atoms with Gasteiger partial charge in [-0.2, -0.15) is 0 Å². The summed E-state index contributed by atoms with van der Waals surface area (Å²) in [5.74, 6) is 0. The Bertz CT molecular complexity index is 401. The zero-order valence-electron chi connectivity index (χ0n) is 10.8. The lowest BCUT2D eigenvalue weighted by Crippen LogP contribution is -2.42. The van der Waals surface area contributed by atoms with E-state index in [9.17, 15) is 5.11 Å². The minimum absolute atomic E-state index is 0.448. The van der Waals surface area contributed by atoms with Gasteiger partial charge in [-0.15, -0.1) is 0 Å². The van der Waals surface area contributed by atoms with Gasteiger partial charge < -0.3 is 5.11 Å². The normalized spacial score (nSPS) is 20.4. The number of benzene rings is 1. The second-order valence-corrected chi connectivity index (χ2v) is 6.50. The van der Waals surface area contributed by atoms with Crippen molar-refractivity contribution >= 4 is 28.7 Å². The van der Waals surface area contributed by atoms with Crippen LogP contribution in [0.5, 0.6) is 0 Å². The quantitative estimate of drug-likeness (QED) is 0.841. The number of likely N-dealkylation sites (tertiary alicyclic amines) is 1. The van der Waals surface area contributed by atoms with E-state index in [0.717, 1.165) is 32.5 Å². The van der Waals surface area contributed by atoms with E-state index in [4.69, 9.17) is 0 Å². The first-order valence-corrected chi connectivity index (χ1v) is 7.50. The van der Waals surface area contributed by atoms with Crippen LogP contribution in [0.3, 0.4) is 0 Å². The Hall–Kier alpha value is -0.390. The molecule has 2 nitrogen and oxygen atoms in total. The van der Waals surface area contributed by atoms with Gasteiger partial charge in [0.25, 0.3) is 0 Å². The van der Waals surface area contributed by atoms with Crippen molar-refractivity contribution in [3.8, 4) is 0 Å². The van der Waals surface area contributed by atoms with Gasteiger partial charge in [-0.25, -0.2) is 0 Å². The molecule has 18 heavy (non-hydrogen) atoms. The van der Waals surface area contributed by atoms with Crippen LogP contribution in [0.15, 0.2) is 30.3 Å². The Morgan fingerprint density at radius 3 is 2.50 bits per heavy atom. The predicted octanol–water partition coefficient (Wildman–Crippen LogP) is 3.15. The zero-order valence-corrected chi connectivity index (χ0v) is 12.9. The number of nitrogens with zero attached hydrogens (tertiary/aromatic N) is 1. The average molecular weight is 357 g/mol. The van der Waals surface area contributed by atoms with E-state index in [1.807, 2.05) is 6.92 Å². The fourth-order valence-corrected chi connectivity index (χ4v) is 2.49. The van der Waals surface area contributed by atoms with Crippen molar-refractivity contribution < 1.29 is 5.11 Å². The van der Waals surface area contributed by atoms with E-state index >= 15 is 0 Å². The monoisotopic (exact) mass is 357 g/mol. The highest BCUT2D eigenvalue weighted by atomic mass is 127. The Kier molecular flexibility index (Phi) is 4.81. The number of rotatable bonds is 3. The summed E-state index contributed by atoms with van der Waals surface area (Å²) in [5, 5.41) is 9.88. The fraction of sp³-hybridized carbons (Fsp3) is 0.467. The van der Waals surface area contributed by atoms with Crippen molar-refractivity contribution in [2.45, 2.75) is 25.4 Å². The summed E-state index contributed by atoms with van der Waals surface area (Å²) in [6.45, 7) is 4.89. The maximum absolute atomic E-state index is 9.88. The molecular weight excluding hydrogens is 337 g/mol. The number of aliphatic hydroxyl groups is 1. The average Bonchev–Trinajstić information content (AvgIpc) is 2.34. The molecule has 1 aliphatic heterocycles. The molecule has 1 saturated heterocycles. The van der Waals surface area contributed by atoms with Gasteiger partial charge in [0.15, 0.2) is 0 Å². The lowest BCUT2D eigenvalue weighted by molar-refractivity contribution is -0.00241. The van der Waals surface area contributed by atoms with Gasteiger partial charge in [0.05, 0.1) is 5.60 Å². The Morgan fingerprint density at radius 2 is 1.89 bits per heavy atom. The second kappa shape index (κ2) is 6.17. The van der Waals surface area contributed by atoms with Crippen molar-refractivity contribution in [1.29, 1.82) is 0 Å². The van der Waals surface area contributed by atoms with Crippen LogP contribution < -0.4 is 0 Å². The van der Waals surface area contributed by atoms with Gasteiger partial charge >= 0.3 is 0 Å². The van der Waals surface area contributed by atoms with Crippen LogP contribution in [0.2, 0.25) is 0 Å². The molecule has 1 heterocycles. The standard InChI is InChI=1S/C15H20INO/c1-15(18)8-11-17(12-9-15)10-2-3-13-4-6-14(16)7-5-13/h2-7,18H,8-12H2,1H3/b3-2+. The molecule has 2 rings (SSSR count). The van der Waals surface area contributed by atoms with Crippen molar-refractivity contribution in [3.05, 3.63) is 39.5 Å². The van der Waals surface area contributed by atoms with Gasteiger partial charge in [-0.05, 0) is 60.1 Å². The summed E-state index contributed by atoms with van der Waals surface area (Å²) in [6, 6.07) is 8.52. The molecule has 0 aromatic heterocycles. The highest BCUT2D eigenvalue weighted by Gasteiger charge is 2.26. The largest absolute Gasteiger partial charge is 0.390 e. The predicted molar refractivity (Wildman–Crippen MR) is 84.5 cm³/mol. The van der Waals surface area contributed by atoms with Crippen LogP contribution in [-0.2, 0) is 0 Å². The summed E-state index contributed by atoms with van der Waals surface area (Å²) in [6.07, 6.45) is 6.14. The number of hydrogen-bond acceptors (Lipinski definition) is 2. The Balaban J connectivity index is 1.80. The second-order valence-electron chi connectivity index (χ2n) is 5.25. The molecule has 1 fully saturated rings. The molecule has 1 aliphatic rings. The number of piperidine rings is 1. The summed E-state index contributed by atoms with van der Waals surface area (Å²) in [5.41, 5.74) is 0.801. The first-order valence-electron chi connectivity index (χ1n) is 6.42. The molecule has 0 aliphatic carbocycles. The summed E-state index contributed by atoms with van der Waals surface area (Å²) >= 11 is 2.32. The smallest absolute Gasteiger partial charge is 0.0644 e. The van der Waals surface area contributed by atoms with Gasteiger partial charge in [0, 0.05) is 23.2 Å². The first-order chi connectivity index (χ1) is 8.55. The summed E-state index contributed by atoms with van der Waals surface area (Å²) in [4.78, 5) is 2.39. The molecule has 0 radical (unpaired) electrons. The maximum atomic E-state index is 9.88. The van der Waals surface area contributed by atoms with Crippen LogP contribution >= 0.6 is 22.6 Å². The lowest BCUT2D eigenvalue weighted by atomic mass is 9.94. The van der Waals surface area contributed by atoms with Crippen molar-refractivity contribution in [1.82, 2.24) is 4.90 Å². The minimum atomic E-state index is -0.448. The first kappa shape index (κ1) is 14.0. The molecule has 1 N–H and O–H groups in total. The molecule has 0 saturated carbocycles. The van der Waals surface area contributed by atoms with Crippen molar-refractivity contribution in [2.24, 2.45) is 0 Å². The molecule has 1 aromatic rings. The molecule has 0 amide bonds. The number of halogens is 1. The van der Waals surface area contributed by atoms with E-state index in [-0.39, 0.29) is 0 Å². The van der Waals surface area contributed by atoms with Crippen molar-refractivity contribution in [3.63, 3.8) is 0 Å². The third-order valence-corrected chi connectivity index (χ3v) is 4.20. The molecule has 0 bridgehead atoms. The Labute approximate surface area is 123 Å². The third kappa shape index (κ3) is 4.37. The lowest BCUT2D eigenvalue weighted by Gasteiger charge is -2.35. The maximum Gasteiger partial charge on any atom is 0.0644 e. The molecule has 0 unspecified atom stereocenters. The molecule has 0 atom stereocenters. The van der Waals surface area contributed by atoms with Crippen LogP contribution in [0.25, 0.3) is 6.08 Å². The Morgan fingerprint density at radius 1 is 1.28 bits per heavy atom. The number of hydrogen-bond donors (Lipinski definition) is 1. The SMILES string of the molecule is CC1(O)CCN(C/C=C/c2ccc(I)cc2)CC1. The highest BCUT2D eigenvalue weighted by molar-refractivity contribution is 14.1. The summed E-state index contributed by atoms with van der Waals surface area (Å²) < 4.78 is 1.27. The van der Waals surface area contributed by atoms with Crippen LogP contribution in [0.1, 0.15) is 25.3 Å². The van der Waals surface area contributed by atoms with Gasteiger partial charge in [0.2, 0.25) is 0 Å². The molecule has 98 valence electrons. The third-order valence-electron chi connectivity index (χ3n) is 3.48. The zero-order chi connectivity index (χ0) is 13.0. The topological polar surface area (TPSA) is 23.5 Å². The van der Waals surface area contributed by atoms with Crippen LogP contribution in [0.4, 0.5) is 0 Å². The van der Waals surface area contributed by atoms with Crippen LogP contribution in [0, 0.1) is 3.57 Å². The van der Waals surface area contributed by atoms with E-state index < -0.39 is 5.60 Å². The fourth-order valence-electron chi connectivity index (χ4n) is 2.13. The summed E-state index contributed by atoms with van der Waals surface area (Å²) in [7, 11) is 0. The van der Waals surface area contributed by atoms with E-state index in [1.54, 1.807) is 0 Å². The molecule has 3 heteroatoms. The van der Waals surface area contributed by atoms with E-state index in [1.165, 1.54) is 9.13 Å². The molecular formula is C15H20INO. The van der Waals surface area contributed by atoms with Crippen LogP contribution in [-0.4, -0.2) is 35.2 Å². The van der Waals surface area contributed by atoms with E-state index in [2.05, 4.69) is 63.9 Å². The molecule has 1 aromatic carbocycles. The minimum Gasteiger partial charge on any atom is -0.390 e. The van der Waals surface area contributed by atoms with Gasteiger partial charge in [-0.3, -0.25) is 4.90 Å². The van der Waals surface area contributed by atoms with Gasteiger partial charge in [-0.1, -0.05) is 24.3 Å². The van der Waals surface area contributed by atoms with Gasteiger partial charge in [0.1, 0.15) is 0 Å². The highest BCUT2D eigenvalue weighted by Crippen LogP contribution is 2.20.